The summed E-state index contributed by atoms with van der Waals surface area (Å²) in [6.45, 7) is 9.81. The number of nitriles is 1. The van der Waals surface area contributed by atoms with E-state index < -0.39 is 0 Å². The minimum Gasteiger partial charge on any atom is -0.372 e. The highest BCUT2D eigenvalue weighted by molar-refractivity contribution is 5.95. The summed E-state index contributed by atoms with van der Waals surface area (Å²) in [5, 5.41) is 9.80. The van der Waals surface area contributed by atoms with Crippen LogP contribution in [-0.2, 0) is 9.47 Å². The molecule has 0 radical (unpaired) electrons. The van der Waals surface area contributed by atoms with E-state index in [0.29, 0.717) is 22.8 Å². The molecule has 5 rings (SSSR count). The molecule has 2 aliphatic heterocycles. The maximum absolute atomic E-state index is 14.5. The van der Waals surface area contributed by atoms with E-state index in [1.807, 2.05) is 6.07 Å². The molecule has 6 nitrogen and oxygen atoms in total. The smallest absolute Gasteiger partial charge is 0.160 e. The third kappa shape index (κ3) is 6.88. The second kappa shape index (κ2) is 14.2. The number of H-pyrrole nitrogens is 1. The summed E-state index contributed by atoms with van der Waals surface area (Å²) in [6.07, 6.45) is 10.4. The Balaban J connectivity index is 1.20. The third-order valence-electron chi connectivity index (χ3n) is 8.86. The lowest BCUT2D eigenvalue weighted by Gasteiger charge is -2.37. The lowest BCUT2D eigenvalue weighted by Crippen LogP contribution is -2.40. The zero-order valence-electron chi connectivity index (χ0n) is 24.7. The maximum Gasteiger partial charge on any atom is 0.160 e. The first kappa shape index (κ1) is 29.4. The van der Waals surface area contributed by atoms with Crippen LogP contribution in [0.2, 0.25) is 0 Å². The zero-order valence-corrected chi connectivity index (χ0v) is 24.7. The summed E-state index contributed by atoms with van der Waals surface area (Å²) in [4.78, 5) is 7.99. The summed E-state index contributed by atoms with van der Waals surface area (Å²) in [7, 11) is 0. The van der Waals surface area contributed by atoms with Gasteiger partial charge in [0.2, 0.25) is 0 Å². The molecular formula is C34H45FN4O2. The Morgan fingerprint density at radius 3 is 2.32 bits per heavy atom. The predicted molar refractivity (Wildman–Crippen MR) is 164 cm³/mol. The van der Waals surface area contributed by atoms with Gasteiger partial charge in [-0.3, -0.25) is 0 Å². The number of unbranched alkanes of at least 4 members (excludes halogenated alkanes) is 2. The van der Waals surface area contributed by atoms with Crippen molar-refractivity contribution in [3.8, 4) is 6.07 Å². The zero-order chi connectivity index (χ0) is 28.6. The van der Waals surface area contributed by atoms with E-state index in [1.165, 1.54) is 17.3 Å². The fourth-order valence-electron chi connectivity index (χ4n) is 6.41. The molecule has 0 bridgehead atoms. The topological polar surface area (TPSA) is 64.5 Å². The highest BCUT2D eigenvalue weighted by Crippen LogP contribution is 2.36. The molecule has 41 heavy (non-hydrogen) atoms. The van der Waals surface area contributed by atoms with E-state index in [2.05, 4.69) is 59.0 Å². The van der Waals surface area contributed by atoms with Gasteiger partial charge in [0, 0.05) is 63.1 Å². The number of hydrogen-bond donors (Lipinski definition) is 1. The molecule has 1 atom stereocenters. The van der Waals surface area contributed by atoms with E-state index in [0.717, 1.165) is 102 Å². The number of ether oxygens (including phenoxy) is 2. The van der Waals surface area contributed by atoms with Crippen LogP contribution in [0.1, 0.15) is 82.3 Å². The van der Waals surface area contributed by atoms with Crippen LogP contribution in [0, 0.1) is 23.1 Å². The van der Waals surface area contributed by atoms with E-state index in [9.17, 15) is 9.65 Å². The number of halogens is 1. The first-order valence-corrected chi connectivity index (χ1v) is 15.7. The minimum absolute atomic E-state index is 0.0771. The molecule has 0 saturated carbocycles. The molecule has 2 saturated heterocycles. The highest BCUT2D eigenvalue weighted by Gasteiger charge is 2.29. The first-order valence-electron chi connectivity index (χ1n) is 15.7. The van der Waals surface area contributed by atoms with Gasteiger partial charge in [0.15, 0.2) is 6.29 Å². The molecule has 3 heterocycles. The van der Waals surface area contributed by atoms with Gasteiger partial charge in [0.1, 0.15) is 11.9 Å². The highest BCUT2D eigenvalue weighted by atomic mass is 19.1. The molecular weight excluding hydrogens is 515 g/mol. The Morgan fingerprint density at radius 1 is 0.951 bits per heavy atom. The number of hydrogen-bond acceptors (Lipinski definition) is 5. The molecule has 3 aromatic rings. The van der Waals surface area contributed by atoms with Crippen LogP contribution in [0.3, 0.4) is 0 Å². The summed E-state index contributed by atoms with van der Waals surface area (Å²) in [6, 6.07) is 14.6. The summed E-state index contributed by atoms with van der Waals surface area (Å²) < 4.78 is 26.9. The molecule has 1 unspecified atom stereocenters. The second-order valence-corrected chi connectivity index (χ2v) is 11.6. The van der Waals surface area contributed by atoms with Crippen LogP contribution in [-0.4, -0.2) is 50.7 Å². The van der Waals surface area contributed by atoms with Crippen molar-refractivity contribution in [3.05, 3.63) is 59.5 Å². The Labute approximate surface area is 244 Å². The van der Waals surface area contributed by atoms with Crippen molar-refractivity contribution < 1.29 is 13.9 Å². The molecule has 2 fully saturated rings. The van der Waals surface area contributed by atoms with Crippen molar-refractivity contribution in [2.75, 3.05) is 49.2 Å². The quantitative estimate of drug-likeness (QED) is 0.181. The largest absolute Gasteiger partial charge is 0.372 e. The summed E-state index contributed by atoms with van der Waals surface area (Å²) in [5.74, 6) is 0.517. The monoisotopic (exact) mass is 560 g/mol. The van der Waals surface area contributed by atoms with Crippen molar-refractivity contribution in [2.45, 2.75) is 77.4 Å². The Hall–Kier alpha value is -3.08. The number of aromatic amines is 1. The first-order chi connectivity index (χ1) is 20.1. The standard InChI is InChI=1S/C34H45FN4O2/c1-3-5-20-40-34(41-21-6-4-2)26-15-18-38(19-16-26)29-11-9-25(10-12-29)27-8-7-17-39(24-27)31-14-13-30(35)32-28(22-36)23-37-33(31)32/h9-14,23,26-27,34,37H,3-8,15-21,24H2,1-2H3. The van der Waals surface area contributed by atoms with E-state index in [-0.39, 0.29) is 12.1 Å². The number of benzene rings is 2. The van der Waals surface area contributed by atoms with Gasteiger partial charge in [0.05, 0.1) is 22.2 Å². The lowest BCUT2D eigenvalue weighted by atomic mass is 9.89. The van der Waals surface area contributed by atoms with Gasteiger partial charge in [-0.2, -0.15) is 5.26 Å². The molecule has 7 heteroatoms. The van der Waals surface area contributed by atoms with Crippen LogP contribution < -0.4 is 9.80 Å². The lowest BCUT2D eigenvalue weighted by molar-refractivity contribution is -0.177. The summed E-state index contributed by atoms with van der Waals surface area (Å²) in [5.41, 5.74) is 4.68. The van der Waals surface area contributed by atoms with E-state index in [4.69, 9.17) is 9.47 Å². The molecule has 220 valence electrons. The Bertz CT molecular complexity index is 1280. The average Bonchev–Trinajstić information content (AvgIpc) is 3.46. The van der Waals surface area contributed by atoms with Gasteiger partial charge >= 0.3 is 0 Å². The number of fused-ring (bicyclic) bond motifs is 1. The molecule has 1 N–H and O–H groups in total. The minimum atomic E-state index is -0.349. The molecule has 0 amide bonds. The van der Waals surface area contributed by atoms with Crippen molar-refractivity contribution >= 4 is 22.3 Å². The van der Waals surface area contributed by atoms with Crippen molar-refractivity contribution in [3.63, 3.8) is 0 Å². The van der Waals surface area contributed by atoms with E-state index in [1.54, 1.807) is 6.20 Å². The van der Waals surface area contributed by atoms with Crippen molar-refractivity contribution in [1.82, 2.24) is 4.98 Å². The summed E-state index contributed by atoms with van der Waals surface area (Å²) >= 11 is 0. The molecule has 0 spiro atoms. The SMILES string of the molecule is CCCCOC(OCCCC)C1CCN(c2ccc(C3CCCN(c4ccc(F)c5c(C#N)c[nH]c45)C3)cc2)CC1. The second-order valence-electron chi connectivity index (χ2n) is 11.6. The number of rotatable bonds is 12. The number of nitrogens with one attached hydrogen (secondary N) is 1. The average molecular weight is 561 g/mol. The van der Waals surface area contributed by atoms with Crippen molar-refractivity contribution in [2.24, 2.45) is 5.92 Å². The number of aromatic nitrogens is 1. The van der Waals surface area contributed by atoms with Gasteiger partial charge in [-0.05, 0) is 68.4 Å². The fraction of sp³-hybridized carbons (Fsp3) is 0.559. The third-order valence-corrected chi connectivity index (χ3v) is 8.86. The fourth-order valence-corrected chi connectivity index (χ4v) is 6.41. The molecule has 1 aromatic heterocycles. The van der Waals surface area contributed by atoms with Crippen LogP contribution in [0.25, 0.3) is 10.9 Å². The van der Waals surface area contributed by atoms with Crippen molar-refractivity contribution in [1.29, 1.82) is 5.26 Å². The normalized spacial score (nSPS) is 18.4. The Morgan fingerprint density at radius 2 is 1.66 bits per heavy atom. The maximum atomic E-state index is 14.5. The van der Waals surface area contributed by atoms with E-state index >= 15 is 0 Å². The van der Waals surface area contributed by atoms with Crippen LogP contribution in [0.5, 0.6) is 0 Å². The molecule has 0 aliphatic carbocycles. The number of nitrogens with zero attached hydrogens (tertiary/aromatic N) is 3. The van der Waals surface area contributed by atoms with Gasteiger partial charge in [0.25, 0.3) is 0 Å². The van der Waals surface area contributed by atoms with Crippen LogP contribution in [0.15, 0.2) is 42.6 Å². The molecule has 2 aliphatic rings. The predicted octanol–water partition coefficient (Wildman–Crippen LogP) is 7.74. The number of piperidine rings is 2. The van der Waals surface area contributed by atoms with Crippen LogP contribution in [0.4, 0.5) is 15.8 Å². The molecule has 2 aromatic carbocycles. The van der Waals surface area contributed by atoms with Gasteiger partial charge < -0.3 is 24.3 Å². The van der Waals surface area contributed by atoms with Crippen LogP contribution >= 0.6 is 0 Å². The Kier molecular flexibility index (Phi) is 10.2. The van der Waals surface area contributed by atoms with Gasteiger partial charge in [-0.15, -0.1) is 0 Å². The van der Waals surface area contributed by atoms with Gasteiger partial charge in [-0.1, -0.05) is 38.8 Å². The number of anilines is 2. The van der Waals surface area contributed by atoms with Gasteiger partial charge in [-0.25, -0.2) is 4.39 Å².